The summed E-state index contributed by atoms with van der Waals surface area (Å²) in [5.41, 5.74) is 1.60. The number of ether oxygens (including phenoxy) is 3. The van der Waals surface area contributed by atoms with Gasteiger partial charge in [-0.15, -0.1) is 0 Å². The molecule has 164 valence electrons. The summed E-state index contributed by atoms with van der Waals surface area (Å²) in [5, 5.41) is 0. The molecular formula is C25H29NO5. The molecule has 0 radical (unpaired) electrons. The summed E-state index contributed by atoms with van der Waals surface area (Å²) < 4.78 is 16.9. The number of carbonyl (C=O) groups excluding carboxylic acids is 2. The summed E-state index contributed by atoms with van der Waals surface area (Å²) in [6.45, 7) is 2.75. The molecule has 0 saturated carbocycles. The van der Waals surface area contributed by atoms with Crippen LogP contribution in [0.3, 0.4) is 0 Å². The number of likely N-dealkylation sites (N-methyl/N-ethyl adjacent to an activating group) is 1. The standard InChI is InChI=1S/C25H29NO5/c1-5-6-7-8-22(28)31-24-20(29-3)10-9-16-13-18-17-14-21(30-4)19(27)15-25(17,23(16)24)11-12-26(18)2/h5-10,14,17-18H,11-13,15H2,1-4H3/b6-5+,8-7+/t17-,18+,25-/m1/s1. The van der Waals surface area contributed by atoms with Crippen LogP contribution >= 0.6 is 0 Å². The van der Waals surface area contributed by atoms with Crippen LogP contribution in [0, 0.1) is 5.92 Å². The average Bonchev–Trinajstić information content (AvgIpc) is 2.75. The minimum Gasteiger partial charge on any atom is -0.493 e. The van der Waals surface area contributed by atoms with Crippen LogP contribution in [0.25, 0.3) is 0 Å². The molecule has 0 N–H and O–H groups in total. The Bertz CT molecular complexity index is 992. The SMILES string of the molecule is C/C=C/C=C/C(=O)Oc1c(OC)ccc2c1[C@@]13CCN(C)[C@@H](C2)[C@H]1C=C(OC)C(=O)C3. The second-order valence-electron chi connectivity index (χ2n) is 8.46. The molecule has 0 amide bonds. The third-order valence-corrected chi connectivity index (χ3v) is 6.92. The first-order valence-electron chi connectivity index (χ1n) is 10.7. The third-order valence-electron chi connectivity index (χ3n) is 6.92. The van der Waals surface area contributed by atoms with Crippen LogP contribution in [-0.2, 0) is 26.2 Å². The number of fused-ring (bicyclic) bond motifs is 1. The van der Waals surface area contributed by atoms with Gasteiger partial charge in [0.05, 0.1) is 14.2 Å². The first kappa shape index (κ1) is 21.4. The molecule has 1 saturated heterocycles. The number of piperidine rings is 1. The minimum absolute atomic E-state index is 0.0111. The Balaban J connectivity index is 1.88. The van der Waals surface area contributed by atoms with Gasteiger partial charge in [0.1, 0.15) is 0 Å². The first-order chi connectivity index (χ1) is 14.9. The second-order valence-corrected chi connectivity index (χ2v) is 8.46. The zero-order valence-electron chi connectivity index (χ0n) is 18.5. The molecule has 4 rings (SSSR count). The Hall–Kier alpha value is -2.86. The highest BCUT2D eigenvalue weighted by molar-refractivity contribution is 5.96. The lowest BCUT2D eigenvalue weighted by molar-refractivity contribution is -0.129. The highest BCUT2D eigenvalue weighted by Gasteiger charge is 2.56. The number of rotatable bonds is 5. The third kappa shape index (κ3) is 3.49. The number of methoxy groups -OCH3 is 2. The quantitative estimate of drug-likeness (QED) is 0.313. The van der Waals surface area contributed by atoms with E-state index in [9.17, 15) is 9.59 Å². The lowest BCUT2D eigenvalue weighted by Gasteiger charge is -2.56. The van der Waals surface area contributed by atoms with Crippen molar-refractivity contribution in [2.75, 3.05) is 27.8 Å². The number of hydrogen-bond acceptors (Lipinski definition) is 6. The van der Waals surface area contributed by atoms with E-state index in [-0.39, 0.29) is 17.7 Å². The van der Waals surface area contributed by atoms with Gasteiger partial charge in [-0.2, -0.15) is 0 Å². The number of ketones is 1. The van der Waals surface area contributed by atoms with E-state index in [1.165, 1.54) is 6.08 Å². The summed E-state index contributed by atoms with van der Waals surface area (Å²) in [7, 11) is 5.25. The van der Waals surface area contributed by atoms with Crippen molar-refractivity contribution in [2.45, 2.75) is 37.6 Å². The van der Waals surface area contributed by atoms with Gasteiger partial charge in [-0.1, -0.05) is 24.3 Å². The van der Waals surface area contributed by atoms with Crippen molar-refractivity contribution in [1.82, 2.24) is 4.90 Å². The van der Waals surface area contributed by atoms with Crippen LogP contribution < -0.4 is 9.47 Å². The number of nitrogens with zero attached hydrogens (tertiary/aromatic N) is 1. The summed E-state index contributed by atoms with van der Waals surface area (Å²) >= 11 is 0. The number of benzene rings is 1. The van der Waals surface area contributed by atoms with E-state index in [1.54, 1.807) is 26.4 Å². The van der Waals surface area contributed by atoms with Gasteiger partial charge in [-0.3, -0.25) is 4.79 Å². The Morgan fingerprint density at radius 2 is 2.03 bits per heavy atom. The minimum atomic E-state index is -0.469. The summed E-state index contributed by atoms with van der Waals surface area (Å²) in [4.78, 5) is 27.9. The van der Waals surface area contributed by atoms with E-state index in [2.05, 4.69) is 11.9 Å². The molecule has 3 atom stereocenters. The van der Waals surface area contributed by atoms with Gasteiger partial charge >= 0.3 is 5.97 Å². The molecule has 2 bridgehead atoms. The Kier molecular flexibility index (Phi) is 5.75. The molecule has 1 heterocycles. The maximum atomic E-state index is 13.0. The van der Waals surface area contributed by atoms with Crippen LogP contribution in [0.4, 0.5) is 0 Å². The molecule has 1 fully saturated rings. The van der Waals surface area contributed by atoms with Crippen LogP contribution in [0.1, 0.15) is 30.9 Å². The summed E-state index contributed by atoms with van der Waals surface area (Å²) in [6.07, 6.45) is 10.6. The Labute approximate surface area is 183 Å². The molecule has 6 nitrogen and oxygen atoms in total. The largest absolute Gasteiger partial charge is 0.493 e. The summed E-state index contributed by atoms with van der Waals surface area (Å²) in [6, 6.07) is 4.15. The highest BCUT2D eigenvalue weighted by atomic mass is 16.6. The predicted octanol–water partition coefficient (Wildman–Crippen LogP) is 3.35. The molecule has 3 aliphatic rings. The normalized spacial score (nSPS) is 27.6. The number of likely N-dealkylation sites (tertiary alicyclic amines) is 1. The topological polar surface area (TPSA) is 65.1 Å². The maximum Gasteiger partial charge on any atom is 0.336 e. The van der Waals surface area contributed by atoms with Crippen molar-refractivity contribution in [3.63, 3.8) is 0 Å². The lowest BCUT2D eigenvalue weighted by Crippen LogP contribution is -2.60. The molecule has 1 aliphatic heterocycles. The molecule has 6 heteroatoms. The van der Waals surface area contributed by atoms with Gasteiger partial charge in [0.2, 0.25) is 0 Å². The molecule has 2 aliphatic carbocycles. The number of carbonyl (C=O) groups is 2. The van der Waals surface area contributed by atoms with Gasteiger partial charge < -0.3 is 19.1 Å². The second kappa shape index (κ2) is 8.35. The fraction of sp³-hybridized carbons (Fsp3) is 0.440. The van der Waals surface area contributed by atoms with Crippen molar-refractivity contribution >= 4 is 11.8 Å². The summed E-state index contributed by atoms with van der Waals surface area (Å²) in [5.74, 6) is 0.983. The average molecular weight is 424 g/mol. The van der Waals surface area contributed by atoms with Gasteiger partial charge in [0.15, 0.2) is 23.0 Å². The van der Waals surface area contributed by atoms with E-state index < -0.39 is 11.4 Å². The zero-order chi connectivity index (χ0) is 22.2. The molecular weight excluding hydrogens is 394 g/mol. The monoisotopic (exact) mass is 423 g/mol. The van der Waals surface area contributed by atoms with Crippen molar-refractivity contribution in [1.29, 1.82) is 0 Å². The van der Waals surface area contributed by atoms with Gasteiger partial charge in [0.25, 0.3) is 0 Å². The smallest absolute Gasteiger partial charge is 0.336 e. The van der Waals surface area contributed by atoms with E-state index in [1.807, 2.05) is 31.2 Å². The van der Waals surface area contributed by atoms with E-state index in [4.69, 9.17) is 14.2 Å². The van der Waals surface area contributed by atoms with Crippen molar-refractivity contribution in [3.8, 4) is 11.5 Å². The highest BCUT2D eigenvalue weighted by Crippen LogP contribution is 2.58. The van der Waals surface area contributed by atoms with Gasteiger partial charge in [-0.25, -0.2) is 4.79 Å². The van der Waals surface area contributed by atoms with E-state index in [0.717, 1.165) is 30.5 Å². The molecule has 0 unspecified atom stereocenters. The number of allylic oxidation sites excluding steroid dienone is 4. The zero-order valence-corrected chi connectivity index (χ0v) is 18.5. The van der Waals surface area contributed by atoms with Crippen molar-refractivity contribution < 1.29 is 23.8 Å². The fourth-order valence-corrected chi connectivity index (χ4v) is 5.49. The van der Waals surface area contributed by atoms with Crippen LogP contribution in [0.15, 0.2) is 48.3 Å². The van der Waals surface area contributed by atoms with Gasteiger partial charge in [0, 0.05) is 35.4 Å². The number of hydrogen-bond donors (Lipinski definition) is 0. The Morgan fingerprint density at radius 3 is 2.74 bits per heavy atom. The molecule has 31 heavy (non-hydrogen) atoms. The molecule has 1 aromatic rings. The van der Waals surface area contributed by atoms with Crippen molar-refractivity contribution in [2.24, 2.45) is 5.92 Å². The van der Waals surface area contributed by atoms with Crippen LogP contribution in [-0.4, -0.2) is 50.5 Å². The van der Waals surface area contributed by atoms with E-state index in [0.29, 0.717) is 23.7 Å². The predicted molar refractivity (Wildman–Crippen MR) is 117 cm³/mol. The molecule has 0 spiro atoms. The molecule has 1 aromatic carbocycles. The fourth-order valence-electron chi connectivity index (χ4n) is 5.49. The first-order valence-corrected chi connectivity index (χ1v) is 10.7. The number of Topliss-reactive ketones (excluding diaryl/α,β-unsaturated/α-hetero) is 1. The van der Waals surface area contributed by atoms with Gasteiger partial charge in [-0.05, 0) is 51.1 Å². The molecule has 0 aromatic heterocycles. The Morgan fingerprint density at radius 1 is 1.23 bits per heavy atom. The maximum absolute atomic E-state index is 13.0. The van der Waals surface area contributed by atoms with Crippen LogP contribution in [0.2, 0.25) is 0 Å². The van der Waals surface area contributed by atoms with E-state index >= 15 is 0 Å². The lowest BCUT2D eigenvalue weighted by atomic mass is 9.53. The van der Waals surface area contributed by atoms with Crippen molar-refractivity contribution in [3.05, 3.63) is 59.4 Å². The van der Waals surface area contributed by atoms with Crippen LogP contribution in [0.5, 0.6) is 11.5 Å². The number of esters is 1.